The third-order valence-corrected chi connectivity index (χ3v) is 5.79. The van der Waals surface area contributed by atoms with Gasteiger partial charge in [-0.25, -0.2) is 0 Å². The largest absolute Gasteiger partial charge is 0.197 e. The van der Waals surface area contributed by atoms with Crippen molar-refractivity contribution >= 4 is 0 Å². The van der Waals surface area contributed by atoms with Gasteiger partial charge in [0.05, 0.1) is 11.5 Å². The van der Waals surface area contributed by atoms with Crippen molar-refractivity contribution in [2.45, 2.75) is 70.6 Å². The van der Waals surface area contributed by atoms with E-state index in [1.165, 1.54) is 55.2 Å². The highest BCUT2D eigenvalue weighted by molar-refractivity contribution is 5.42. The second-order valence-electron chi connectivity index (χ2n) is 7.26. The van der Waals surface area contributed by atoms with Crippen LogP contribution in [0.1, 0.15) is 68.1 Å². The molecule has 0 N–H and O–H groups in total. The molecule has 0 unspecified atom stereocenters. The molecule has 1 spiro atoms. The number of benzene rings is 1. The number of hydrogen-bond acceptors (Lipinski definition) is 1. The lowest BCUT2D eigenvalue weighted by Crippen LogP contribution is -2.48. The van der Waals surface area contributed by atoms with Crippen molar-refractivity contribution in [3.63, 3.8) is 0 Å². The maximum Gasteiger partial charge on any atom is 0.0833 e. The molecule has 1 nitrogen and oxygen atoms in total. The highest BCUT2D eigenvalue weighted by atomic mass is 14.6. The van der Waals surface area contributed by atoms with Gasteiger partial charge in [0.15, 0.2) is 0 Å². The van der Waals surface area contributed by atoms with Crippen LogP contribution in [0.15, 0.2) is 18.2 Å². The minimum absolute atomic E-state index is 0.192. The average Bonchev–Trinajstić information content (AvgIpc) is 2.65. The van der Waals surface area contributed by atoms with Gasteiger partial charge < -0.3 is 0 Å². The summed E-state index contributed by atoms with van der Waals surface area (Å²) < 4.78 is 0. The van der Waals surface area contributed by atoms with Crippen molar-refractivity contribution in [2.24, 2.45) is 5.41 Å². The van der Waals surface area contributed by atoms with Crippen LogP contribution in [-0.4, -0.2) is 0 Å². The Morgan fingerprint density at radius 3 is 2.15 bits per heavy atom. The molecule has 1 aromatic rings. The van der Waals surface area contributed by atoms with Crippen LogP contribution >= 0.6 is 0 Å². The summed E-state index contributed by atoms with van der Waals surface area (Å²) in [6.07, 6.45) is 10.4. The first-order valence-electron chi connectivity index (χ1n) is 8.08. The lowest BCUT2D eigenvalue weighted by atomic mass is 9.48. The summed E-state index contributed by atoms with van der Waals surface area (Å²) in [4.78, 5) is 0. The lowest BCUT2D eigenvalue weighted by Gasteiger charge is -2.53. The van der Waals surface area contributed by atoms with Gasteiger partial charge in [-0.05, 0) is 61.6 Å². The Bertz CT molecular complexity index is 533. The molecular formula is C19H25N. The first kappa shape index (κ1) is 13.7. The van der Waals surface area contributed by atoms with E-state index in [1.807, 2.05) is 0 Å². The lowest BCUT2D eigenvalue weighted by molar-refractivity contribution is 0.0398. The molecule has 0 amide bonds. The molecule has 0 bridgehead atoms. The van der Waals surface area contributed by atoms with Crippen LogP contribution in [0, 0.1) is 30.6 Å². The van der Waals surface area contributed by atoms with E-state index in [0.717, 1.165) is 12.8 Å². The van der Waals surface area contributed by atoms with Crippen molar-refractivity contribution in [1.82, 2.24) is 0 Å². The van der Waals surface area contributed by atoms with Crippen molar-refractivity contribution in [3.05, 3.63) is 34.9 Å². The summed E-state index contributed by atoms with van der Waals surface area (Å²) in [5.41, 5.74) is 4.20. The summed E-state index contributed by atoms with van der Waals surface area (Å²) in [5.74, 6) is 0. The van der Waals surface area contributed by atoms with E-state index >= 15 is 0 Å². The quantitative estimate of drug-likeness (QED) is 0.686. The van der Waals surface area contributed by atoms with Gasteiger partial charge in [-0.3, -0.25) is 0 Å². The van der Waals surface area contributed by atoms with Crippen LogP contribution in [0.3, 0.4) is 0 Å². The molecule has 2 aliphatic carbocycles. The van der Waals surface area contributed by atoms with E-state index in [1.54, 1.807) is 0 Å². The number of hydrogen-bond donors (Lipinski definition) is 0. The van der Waals surface area contributed by atoms with Crippen LogP contribution in [0.5, 0.6) is 0 Å². The smallest absolute Gasteiger partial charge is 0.0833 e. The maximum atomic E-state index is 9.78. The summed E-state index contributed by atoms with van der Waals surface area (Å²) >= 11 is 0. The molecule has 0 aliphatic heterocycles. The molecule has 20 heavy (non-hydrogen) atoms. The number of nitriles is 1. The summed E-state index contributed by atoms with van der Waals surface area (Å²) in [6.45, 7) is 4.30. The standard InChI is InChI=1S/C19H25N/c1-15-7-8-17(11-16(15)2)19(14-20)12-18(13-19)9-5-3-4-6-10-18/h7-8,11H,3-6,9-10,12-13H2,1-2H3. The van der Waals surface area contributed by atoms with E-state index < -0.39 is 0 Å². The van der Waals surface area contributed by atoms with Crippen molar-refractivity contribution in [2.75, 3.05) is 0 Å². The topological polar surface area (TPSA) is 23.8 Å². The number of aryl methyl sites for hydroxylation is 2. The molecule has 1 aromatic carbocycles. The summed E-state index contributed by atoms with van der Waals surface area (Å²) in [7, 11) is 0. The molecule has 106 valence electrons. The Balaban J connectivity index is 1.85. The van der Waals surface area contributed by atoms with Gasteiger partial charge >= 0.3 is 0 Å². The van der Waals surface area contributed by atoms with Gasteiger partial charge in [0, 0.05) is 0 Å². The molecule has 0 aromatic heterocycles. The van der Waals surface area contributed by atoms with Crippen molar-refractivity contribution in [3.8, 4) is 6.07 Å². The Kier molecular flexibility index (Phi) is 3.36. The fraction of sp³-hybridized carbons (Fsp3) is 0.632. The highest BCUT2D eigenvalue weighted by Gasteiger charge is 2.55. The minimum Gasteiger partial charge on any atom is -0.197 e. The molecule has 0 atom stereocenters. The maximum absolute atomic E-state index is 9.78. The molecule has 0 radical (unpaired) electrons. The Morgan fingerprint density at radius 1 is 0.950 bits per heavy atom. The predicted molar refractivity (Wildman–Crippen MR) is 82.6 cm³/mol. The second kappa shape index (κ2) is 4.92. The van der Waals surface area contributed by atoms with Gasteiger partial charge in [-0.15, -0.1) is 0 Å². The van der Waals surface area contributed by atoms with E-state index in [0.29, 0.717) is 5.41 Å². The van der Waals surface area contributed by atoms with Gasteiger partial charge in [0.25, 0.3) is 0 Å². The summed E-state index contributed by atoms with van der Waals surface area (Å²) in [6, 6.07) is 9.29. The molecule has 3 rings (SSSR count). The SMILES string of the molecule is Cc1ccc(C2(C#N)CC3(CCCCCC3)C2)cc1C. The summed E-state index contributed by atoms with van der Waals surface area (Å²) in [5, 5.41) is 9.78. The molecule has 2 aliphatic rings. The van der Waals surface area contributed by atoms with E-state index in [9.17, 15) is 5.26 Å². The number of rotatable bonds is 1. The second-order valence-corrected chi connectivity index (χ2v) is 7.26. The molecule has 1 heteroatoms. The Hall–Kier alpha value is -1.29. The van der Waals surface area contributed by atoms with Crippen LogP contribution in [0.25, 0.3) is 0 Å². The van der Waals surface area contributed by atoms with Crippen LogP contribution in [-0.2, 0) is 5.41 Å². The van der Waals surface area contributed by atoms with Crippen molar-refractivity contribution < 1.29 is 0 Å². The molecule has 2 saturated carbocycles. The average molecular weight is 267 g/mol. The number of nitrogens with zero attached hydrogens (tertiary/aromatic N) is 1. The Morgan fingerprint density at radius 2 is 1.60 bits per heavy atom. The fourth-order valence-electron chi connectivity index (χ4n) is 4.45. The minimum atomic E-state index is -0.192. The molecule has 0 heterocycles. The van der Waals surface area contributed by atoms with E-state index in [2.05, 4.69) is 38.1 Å². The third kappa shape index (κ3) is 2.16. The van der Waals surface area contributed by atoms with Gasteiger partial charge in [0.2, 0.25) is 0 Å². The first-order valence-corrected chi connectivity index (χ1v) is 8.08. The molecule has 0 saturated heterocycles. The van der Waals surface area contributed by atoms with E-state index in [-0.39, 0.29) is 5.41 Å². The molecule has 2 fully saturated rings. The molecular weight excluding hydrogens is 242 g/mol. The van der Waals surface area contributed by atoms with Gasteiger partial charge in [0.1, 0.15) is 0 Å². The highest BCUT2D eigenvalue weighted by Crippen LogP contribution is 2.61. The normalized spacial score (nSPS) is 23.6. The van der Waals surface area contributed by atoms with Gasteiger partial charge in [-0.2, -0.15) is 5.26 Å². The zero-order chi connectivity index (χ0) is 14.2. The zero-order valence-corrected chi connectivity index (χ0v) is 12.8. The Labute approximate surface area is 123 Å². The zero-order valence-electron chi connectivity index (χ0n) is 12.8. The first-order chi connectivity index (χ1) is 9.59. The van der Waals surface area contributed by atoms with Crippen LogP contribution in [0.2, 0.25) is 0 Å². The van der Waals surface area contributed by atoms with Gasteiger partial charge in [-0.1, -0.05) is 43.9 Å². The monoisotopic (exact) mass is 267 g/mol. The van der Waals surface area contributed by atoms with Crippen molar-refractivity contribution in [1.29, 1.82) is 5.26 Å². The third-order valence-electron chi connectivity index (χ3n) is 5.79. The van der Waals surface area contributed by atoms with Crippen LogP contribution < -0.4 is 0 Å². The fourth-order valence-corrected chi connectivity index (χ4v) is 4.45. The van der Waals surface area contributed by atoms with E-state index in [4.69, 9.17) is 0 Å². The predicted octanol–water partition coefficient (Wildman–Crippen LogP) is 5.20. The van der Waals surface area contributed by atoms with Crippen LogP contribution in [0.4, 0.5) is 0 Å².